The van der Waals surface area contributed by atoms with Gasteiger partial charge in [-0.1, -0.05) is 48.2 Å². The van der Waals surface area contributed by atoms with Crippen LogP contribution in [0.2, 0.25) is 0 Å². The fraction of sp³-hybridized carbons (Fsp3) is 0.208. The van der Waals surface area contributed by atoms with E-state index in [1.165, 1.54) is 21.2 Å². The fourth-order valence-corrected chi connectivity index (χ4v) is 4.58. The van der Waals surface area contributed by atoms with Gasteiger partial charge in [-0.2, -0.15) is 0 Å². The van der Waals surface area contributed by atoms with E-state index in [0.717, 1.165) is 18.5 Å². The molecule has 4 rings (SSSR count). The monoisotopic (exact) mass is 404 g/mol. The Hall–Kier alpha value is -2.76. The molecule has 1 aliphatic heterocycles. The van der Waals surface area contributed by atoms with Crippen LogP contribution in [0.5, 0.6) is 0 Å². The van der Waals surface area contributed by atoms with Gasteiger partial charge in [0.1, 0.15) is 0 Å². The summed E-state index contributed by atoms with van der Waals surface area (Å²) in [7, 11) is 1.67. The van der Waals surface area contributed by atoms with Gasteiger partial charge in [-0.25, -0.2) is 0 Å². The molecule has 0 radical (unpaired) electrons. The van der Waals surface area contributed by atoms with Crippen molar-refractivity contribution in [3.63, 3.8) is 0 Å². The van der Waals surface area contributed by atoms with E-state index in [1.54, 1.807) is 7.11 Å². The predicted octanol–water partition coefficient (Wildman–Crippen LogP) is 5.26. The summed E-state index contributed by atoms with van der Waals surface area (Å²) in [5.41, 5.74) is 4.20. The molecule has 0 unspecified atom stereocenters. The number of benzene rings is 3. The number of ether oxygens (including phenoxy) is 1. The van der Waals surface area contributed by atoms with Gasteiger partial charge in [0.2, 0.25) is 0 Å². The van der Waals surface area contributed by atoms with Gasteiger partial charge in [0, 0.05) is 35.6 Å². The average molecular weight is 405 g/mol. The van der Waals surface area contributed by atoms with E-state index < -0.39 is 0 Å². The van der Waals surface area contributed by atoms with Crippen LogP contribution in [0, 0.1) is 0 Å². The highest BCUT2D eigenvalue weighted by atomic mass is 32.2. The second-order valence-electron chi connectivity index (χ2n) is 6.93. The summed E-state index contributed by atoms with van der Waals surface area (Å²) in [6.07, 6.45) is 0.862. The zero-order valence-corrected chi connectivity index (χ0v) is 17.2. The molecule has 5 heteroatoms. The zero-order chi connectivity index (χ0) is 20.1. The largest absolute Gasteiger partial charge is 0.380 e. The first-order valence-corrected chi connectivity index (χ1v) is 10.6. The topological polar surface area (TPSA) is 41.6 Å². The highest BCUT2D eigenvalue weighted by Crippen LogP contribution is 2.47. The minimum absolute atomic E-state index is 0.0380. The lowest BCUT2D eigenvalue weighted by Gasteiger charge is -2.32. The van der Waals surface area contributed by atoms with Gasteiger partial charge in [-0.15, -0.1) is 0 Å². The maximum atomic E-state index is 12.4. The molecule has 1 amide bonds. The first-order valence-electron chi connectivity index (χ1n) is 9.76. The van der Waals surface area contributed by atoms with Crippen LogP contribution in [0.25, 0.3) is 0 Å². The van der Waals surface area contributed by atoms with Crippen LogP contribution in [0.3, 0.4) is 0 Å². The lowest BCUT2D eigenvalue weighted by atomic mass is 10.1. The number of fused-ring (bicyclic) bond motifs is 2. The van der Waals surface area contributed by atoms with Crippen LogP contribution in [-0.4, -0.2) is 26.1 Å². The molecule has 1 aliphatic rings. The van der Waals surface area contributed by atoms with Crippen molar-refractivity contribution in [3.05, 3.63) is 83.9 Å². The Morgan fingerprint density at radius 1 is 0.931 bits per heavy atom. The number of nitrogens with zero attached hydrogens (tertiary/aromatic N) is 1. The van der Waals surface area contributed by atoms with Gasteiger partial charge in [0.05, 0.1) is 18.0 Å². The van der Waals surface area contributed by atoms with Crippen LogP contribution in [0.15, 0.2) is 82.6 Å². The van der Waals surface area contributed by atoms with Gasteiger partial charge in [-0.05, 0) is 48.4 Å². The number of hydrogen-bond acceptors (Lipinski definition) is 4. The van der Waals surface area contributed by atoms with Crippen molar-refractivity contribution in [2.75, 3.05) is 25.1 Å². The fourth-order valence-electron chi connectivity index (χ4n) is 3.48. The van der Waals surface area contributed by atoms with Gasteiger partial charge >= 0.3 is 0 Å². The molecule has 0 saturated carbocycles. The van der Waals surface area contributed by atoms with Crippen molar-refractivity contribution in [3.8, 4) is 0 Å². The highest BCUT2D eigenvalue weighted by Gasteiger charge is 2.22. The second kappa shape index (κ2) is 9.16. The van der Waals surface area contributed by atoms with Crippen LogP contribution in [0.1, 0.15) is 22.3 Å². The van der Waals surface area contributed by atoms with E-state index in [0.29, 0.717) is 18.7 Å². The summed E-state index contributed by atoms with van der Waals surface area (Å²) < 4.78 is 5.11. The lowest BCUT2D eigenvalue weighted by molar-refractivity contribution is 0.0953. The molecule has 3 aromatic rings. The first-order chi connectivity index (χ1) is 14.3. The first kappa shape index (κ1) is 19.6. The lowest BCUT2D eigenvalue weighted by Crippen LogP contribution is -2.29. The van der Waals surface area contributed by atoms with E-state index in [1.807, 2.05) is 36.0 Å². The Bertz CT molecular complexity index is 943. The molecule has 1 heterocycles. The molecule has 0 aromatic heterocycles. The van der Waals surface area contributed by atoms with Gasteiger partial charge in [0.25, 0.3) is 5.91 Å². The van der Waals surface area contributed by atoms with Crippen molar-refractivity contribution in [1.82, 2.24) is 5.32 Å². The number of para-hydroxylation sites is 2. The molecule has 1 N–H and O–H groups in total. The molecule has 0 saturated heterocycles. The third-order valence-corrected chi connectivity index (χ3v) is 6.03. The number of hydrogen-bond donors (Lipinski definition) is 1. The Morgan fingerprint density at radius 2 is 1.55 bits per heavy atom. The number of methoxy groups -OCH3 is 1. The predicted molar refractivity (Wildman–Crippen MR) is 118 cm³/mol. The van der Waals surface area contributed by atoms with Gasteiger partial charge in [-0.3, -0.25) is 4.79 Å². The Morgan fingerprint density at radius 3 is 2.17 bits per heavy atom. The van der Waals surface area contributed by atoms with Crippen molar-refractivity contribution in [1.29, 1.82) is 0 Å². The molecule has 0 fully saturated rings. The molecule has 3 aromatic carbocycles. The SMILES string of the molecule is COCc1ccc(C(=O)NCCCN2c3ccccc3Sc3ccccc32)cc1. The van der Waals surface area contributed by atoms with Crippen molar-refractivity contribution in [2.45, 2.75) is 22.8 Å². The molecular weight excluding hydrogens is 380 g/mol. The van der Waals surface area contributed by atoms with Crippen molar-refractivity contribution in [2.24, 2.45) is 0 Å². The number of anilines is 2. The second-order valence-corrected chi connectivity index (χ2v) is 8.01. The Balaban J connectivity index is 1.37. The smallest absolute Gasteiger partial charge is 0.251 e. The number of nitrogens with one attached hydrogen (secondary N) is 1. The van der Waals surface area contributed by atoms with Gasteiger partial charge in [0.15, 0.2) is 0 Å². The molecular formula is C24H24N2O2S. The summed E-state index contributed by atoms with van der Waals surface area (Å²) in [4.78, 5) is 17.3. The van der Waals surface area contributed by atoms with Crippen molar-refractivity contribution >= 4 is 29.0 Å². The van der Waals surface area contributed by atoms with E-state index in [-0.39, 0.29) is 5.91 Å². The van der Waals surface area contributed by atoms with E-state index >= 15 is 0 Å². The molecule has 0 aliphatic carbocycles. The standard InChI is InChI=1S/C24H24N2O2S/c1-28-17-18-11-13-19(14-12-18)24(27)25-15-6-16-26-20-7-2-4-9-22(20)29-23-10-5-3-8-21(23)26/h2-5,7-14H,6,15-17H2,1H3,(H,25,27). The minimum Gasteiger partial charge on any atom is -0.380 e. The number of amides is 1. The van der Waals surface area contributed by atoms with Crippen LogP contribution >= 0.6 is 11.8 Å². The number of carbonyl (C=O) groups is 1. The Labute approximate surface area is 175 Å². The highest BCUT2D eigenvalue weighted by molar-refractivity contribution is 7.99. The zero-order valence-electron chi connectivity index (χ0n) is 16.4. The Kier molecular flexibility index (Phi) is 6.17. The minimum atomic E-state index is -0.0380. The molecule has 0 bridgehead atoms. The third kappa shape index (κ3) is 4.47. The quantitative estimate of drug-likeness (QED) is 0.546. The maximum Gasteiger partial charge on any atom is 0.251 e. The van der Waals surface area contributed by atoms with Gasteiger partial charge < -0.3 is 15.0 Å². The average Bonchev–Trinajstić information content (AvgIpc) is 2.76. The molecule has 0 spiro atoms. The summed E-state index contributed by atoms with van der Waals surface area (Å²) >= 11 is 1.81. The normalized spacial score (nSPS) is 12.2. The van der Waals surface area contributed by atoms with E-state index in [2.05, 4.69) is 58.7 Å². The van der Waals surface area contributed by atoms with Crippen molar-refractivity contribution < 1.29 is 9.53 Å². The van der Waals surface area contributed by atoms with Crippen LogP contribution in [-0.2, 0) is 11.3 Å². The molecule has 4 nitrogen and oxygen atoms in total. The van der Waals surface area contributed by atoms with E-state index in [9.17, 15) is 4.79 Å². The summed E-state index contributed by atoms with van der Waals surface area (Å²) in [5.74, 6) is -0.0380. The number of carbonyl (C=O) groups excluding carboxylic acids is 1. The summed E-state index contributed by atoms with van der Waals surface area (Å²) in [5, 5.41) is 3.04. The van der Waals surface area contributed by atoms with Crippen LogP contribution in [0.4, 0.5) is 11.4 Å². The van der Waals surface area contributed by atoms with E-state index in [4.69, 9.17) is 4.74 Å². The molecule has 148 valence electrons. The maximum absolute atomic E-state index is 12.4. The molecule has 29 heavy (non-hydrogen) atoms. The summed E-state index contributed by atoms with van der Waals surface area (Å²) in [6, 6.07) is 24.5. The third-order valence-electron chi connectivity index (χ3n) is 4.90. The molecule has 0 atom stereocenters. The van der Waals surface area contributed by atoms with Crippen LogP contribution < -0.4 is 10.2 Å². The number of rotatable bonds is 7. The summed E-state index contributed by atoms with van der Waals surface area (Å²) in [6.45, 7) is 2.03.